The van der Waals surface area contributed by atoms with Crippen molar-refractivity contribution in [1.29, 1.82) is 0 Å². The lowest BCUT2D eigenvalue weighted by Crippen LogP contribution is -2.37. The molecule has 1 fully saturated rings. The van der Waals surface area contributed by atoms with Gasteiger partial charge < -0.3 is 14.4 Å². The molecule has 2 aliphatic rings. The monoisotopic (exact) mass is 549 g/mol. The molecule has 2 heterocycles. The summed E-state index contributed by atoms with van der Waals surface area (Å²) in [5, 5.41) is 0. The Kier molecular flexibility index (Phi) is 6.78. The van der Waals surface area contributed by atoms with Gasteiger partial charge in [-0.15, -0.1) is 0 Å². The number of hydrogen-bond donors (Lipinski definition) is 0. The number of alkyl halides is 3. The Balaban J connectivity index is 1.52. The fourth-order valence-electron chi connectivity index (χ4n) is 4.40. The van der Waals surface area contributed by atoms with Gasteiger partial charge >= 0.3 is 6.18 Å². The molecule has 0 aromatic heterocycles. The first-order chi connectivity index (χ1) is 18.1. The van der Waals surface area contributed by atoms with Gasteiger partial charge in [0.2, 0.25) is 10.0 Å². The van der Waals surface area contributed by atoms with Gasteiger partial charge in [-0.2, -0.15) is 17.5 Å². The minimum absolute atomic E-state index is 0.00466. The summed E-state index contributed by atoms with van der Waals surface area (Å²) in [6, 6.07) is 12.7. The van der Waals surface area contributed by atoms with Gasteiger partial charge in [0.1, 0.15) is 28.8 Å². The summed E-state index contributed by atoms with van der Waals surface area (Å²) in [5.74, 6) is 0.843. The smallest absolute Gasteiger partial charge is 0.416 e. The van der Waals surface area contributed by atoms with Crippen LogP contribution in [0.3, 0.4) is 0 Å². The highest BCUT2D eigenvalue weighted by Crippen LogP contribution is 2.42. The van der Waals surface area contributed by atoms with Gasteiger partial charge in [-0.25, -0.2) is 17.8 Å². The van der Waals surface area contributed by atoms with Gasteiger partial charge in [0.15, 0.2) is 5.75 Å². The summed E-state index contributed by atoms with van der Waals surface area (Å²) >= 11 is 0. The van der Waals surface area contributed by atoms with Crippen molar-refractivity contribution >= 4 is 21.5 Å². The summed E-state index contributed by atoms with van der Waals surface area (Å²) in [5.41, 5.74) is -0.354. The lowest BCUT2D eigenvalue weighted by molar-refractivity contribution is -0.137. The number of rotatable bonds is 3. The standard InChI is InChI=1S/C26H23F4N3O4S/c1-36-19-6-10-23-21(16-19)25(31-22-15-17(26(28,29)30)3-9-24(22)37-23)32-11-2-12-33(14-13-32)38(34,35)20-7-4-18(27)5-8-20/h3-10,15-16H,2,11-14H2,1H3. The number of nitrogens with zero attached hydrogens (tertiary/aromatic N) is 3. The molecule has 0 atom stereocenters. The molecule has 200 valence electrons. The minimum Gasteiger partial charge on any atom is -0.497 e. The van der Waals surface area contributed by atoms with Crippen LogP contribution in [0.2, 0.25) is 0 Å². The van der Waals surface area contributed by atoms with Crippen molar-refractivity contribution in [2.24, 2.45) is 4.99 Å². The third-order valence-corrected chi connectivity index (χ3v) is 8.28. The van der Waals surface area contributed by atoms with Crippen LogP contribution in [0.4, 0.5) is 23.2 Å². The van der Waals surface area contributed by atoms with E-state index in [1.54, 1.807) is 18.2 Å². The van der Waals surface area contributed by atoms with E-state index < -0.39 is 27.6 Å². The van der Waals surface area contributed by atoms with Gasteiger partial charge in [0, 0.05) is 26.2 Å². The average Bonchev–Trinajstić information content (AvgIpc) is 3.23. The number of methoxy groups -OCH3 is 1. The minimum atomic E-state index is -4.56. The molecule has 0 aliphatic carbocycles. The first kappa shape index (κ1) is 26.0. The zero-order valence-electron chi connectivity index (χ0n) is 20.2. The van der Waals surface area contributed by atoms with Gasteiger partial charge in [-0.1, -0.05) is 0 Å². The van der Waals surface area contributed by atoms with E-state index >= 15 is 0 Å². The second kappa shape index (κ2) is 9.91. The van der Waals surface area contributed by atoms with Crippen LogP contribution in [0.5, 0.6) is 17.2 Å². The molecule has 3 aromatic rings. The predicted octanol–water partition coefficient (Wildman–Crippen LogP) is 5.43. The molecule has 3 aromatic carbocycles. The maximum atomic E-state index is 13.4. The lowest BCUT2D eigenvalue weighted by atomic mass is 10.1. The molecule has 38 heavy (non-hydrogen) atoms. The van der Waals surface area contributed by atoms with Gasteiger partial charge in [0.25, 0.3) is 0 Å². The van der Waals surface area contributed by atoms with E-state index in [0.717, 1.165) is 24.3 Å². The number of aliphatic imine (C=N–C) groups is 1. The second-order valence-electron chi connectivity index (χ2n) is 8.78. The number of sulfonamides is 1. The molecule has 1 saturated heterocycles. The van der Waals surface area contributed by atoms with Crippen LogP contribution < -0.4 is 9.47 Å². The van der Waals surface area contributed by atoms with E-state index in [1.165, 1.54) is 29.6 Å². The molecule has 2 aliphatic heterocycles. The van der Waals surface area contributed by atoms with E-state index in [9.17, 15) is 26.0 Å². The molecule has 7 nitrogen and oxygen atoms in total. The quantitative estimate of drug-likeness (QED) is 0.408. The van der Waals surface area contributed by atoms with Crippen molar-refractivity contribution in [2.75, 3.05) is 33.3 Å². The van der Waals surface area contributed by atoms with Gasteiger partial charge in [-0.3, -0.25) is 0 Å². The van der Waals surface area contributed by atoms with Crippen LogP contribution in [0.25, 0.3) is 0 Å². The van der Waals surface area contributed by atoms with E-state index in [-0.39, 0.29) is 36.0 Å². The van der Waals surface area contributed by atoms with Crippen LogP contribution in [0.15, 0.2) is 70.6 Å². The SMILES string of the molecule is COc1ccc2c(c1)C(N1CCCN(S(=O)(=O)c3ccc(F)cc3)CC1)=Nc1cc(C(F)(F)F)ccc1O2. The van der Waals surface area contributed by atoms with Crippen molar-refractivity contribution in [2.45, 2.75) is 17.5 Å². The molecule has 0 radical (unpaired) electrons. The molecule has 5 rings (SSSR count). The van der Waals surface area contributed by atoms with Gasteiger partial charge in [-0.05, 0) is 67.1 Å². The van der Waals surface area contributed by atoms with E-state index in [2.05, 4.69) is 4.99 Å². The van der Waals surface area contributed by atoms with Gasteiger partial charge in [0.05, 0.1) is 23.1 Å². The third-order valence-electron chi connectivity index (χ3n) is 6.37. The molecule has 0 amide bonds. The number of benzene rings is 3. The zero-order valence-corrected chi connectivity index (χ0v) is 21.0. The zero-order chi connectivity index (χ0) is 27.1. The molecule has 0 N–H and O–H groups in total. The summed E-state index contributed by atoms with van der Waals surface area (Å²) in [7, 11) is -2.38. The summed E-state index contributed by atoms with van der Waals surface area (Å²) < 4.78 is 92.7. The molecule has 0 spiro atoms. The van der Waals surface area contributed by atoms with Crippen LogP contribution >= 0.6 is 0 Å². The van der Waals surface area contributed by atoms with Crippen molar-refractivity contribution in [1.82, 2.24) is 9.21 Å². The third kappa shape index (κ3) is 5.05. The summed E-state index contributed by atoms with van der Waals surface area (Å²) in [6.07, 6.45) is -4.14. The maximum Gasteiger partial charge on any atom is 0.416 e. The summed E-state index contributed by atoms with van der Waals surface area (Å²) in [4.78, 5) is 6.42. The molecule has 0 unspecified atom stereocenters. The number of halogens is 4. The fraction of sp³-hybridized carbons (Fsp3) is 0.269. The molecule has 0 saturated carbocycles. The van der Waals surface area contributed by atoms with Crippen molar-refractivity contribution in [3.63, 3.8) is 0 Å². The summed E-state index contributed by atoms with van der Waals surface area (Å²) in [6.45, 7) is 0.900. The lowest BCUT2D eigenvalue weighted by Gasteiger charge is -2.25. The topological polar surface area (TPSA) is 71.4 Å². The Labute approximate surface area is 217 Å². The Morgan fingerprint density at radius 3 is 2.37 bits per heavy atom. The highest BCUT2D eigenvalue weighted by molar-refractivity contribution is 7.89. The number of hydrogen-bond acceptors (Lipinski definition) is 6. The van der Waals surface area contributed by atoms with Crippen molar-refractivity contribution < 1.29 is 35.5 Å². The molecule has 0 bridgehead atoms. The normalized spacial score (nSPS) is 16.4. The highest BCUT2D eigenvalue weighted by Gasteiger charge is 2.33. The predicted molar refractivity (Wildman–Crippen MR) is 132 cm³/mol. The van der Waals surface area contributed by atoms with Crippen LogP contribution in [0.1, 0.15) is 17.5 Å². The maximum absolute atomic E-state index is 13.4. The van der Waals surface area contributed by atoms with E-state index in [1.807, 2.05) is 4.90 Å². The largest absolute Gasteiger partial charge is 0.497 e. The van der Waals surface area contributed by atoms with Crippen LogP contribution in [0, 0.1) is 5.82 Å². The van der Waals surface area contributed by atoms with Crippen molar-refractivity contribution in [3.05, 3.63) is 77.6 Å². The van der Waals surface area contributed by atoms with E-state index in [4.69, 9.17) is 9.47 Å². The molecular formula is C26H23F4N3O4S. The first-order valence-corrected chi connectivity index (χ1v) is 13.2. The molecule has 12 heteroatoms. The number of amidine groups is 1. The average molecular weight is 550 g/mol. The van der Waals surface area contributed by atoms with Crippen LogP contribution in [-0.4, -0.2) is 56.7 Å². The van der Waals surface area contributed by atoms with Crippen LogP contribution in [-0.2, 0) is 16.2 Å². The Morgan fingerprint density at radius 1 is 0.921 bits per heavy atom. The Hall–Kier alpha value is -3.64. The Morgan fingerprint density at radius 2 is 1.66 bits per heavy atom. The first-order valence-electron chi connectivity index (χ1n) is 11.7. The molecular weight excluding hydrogens is 526 g/mol. The van der Waals surface area contributed by atoms with Crippen molar-refractivity contribution in [3.8, 4) is 17.2 Å². The number of fused-ring (bicyclic) bond motifs is 2. The fourth-order valence-corrected chi connectivity index (χ4v) is 5.87. The highest BCUT2D eigenvalue weighted by atomic mass is 32.2. The Bertz CT molecular complexity index is 1490. The second-order valence-corrected chi connectivity index (χ2v) is 10.7. The van der Waals surface area contributed by atoms with E-state index in [0.29, 0.717) is 35.9 Å². The number of ether oxygens (including phenoxy) is 2.